The zero-order valence-electron chi connectivity index (χ0n) is 9.44. The minimum absolute atomic E-state index is 0.165. The summed E-state index contributed by atoms with van der Waals surface area (Å²) in [6, 6.07) is 0. The van der Waals surface area contributed by atoms with Gasteiger partial charge in [0, 0.05) is 0 Å². The summed E-state index contributed by atoms with van der Waals surface area (Å²) in [4.78, 5) is 11.7. The lowest BCUT2D eigenvalue weighted by Crippen LogP contribution is -2.14. The highest BCUT2D eigenvalue weighted by Gasteiger charge is 2.20. The Balaban J connectivity index is 2.99. The second-order valence-corrected chi connectivity index (χ2v) is 3.78. The number of hydrogen-bond acceptors (Lipinski definition) is 2. The predicted octanol–water partition coefficient (Wildman–Crippen LogP) is 3.00. The van der Waals surface area contributed by atoms with E-state index in [2.05, 4.69) is 6.92 Å². The van der Waals surface area contributed by atoms with Crippen molar-refractivity contribution in [3.63, 3.8) is 0 Å². The van der Waals surface area contributed by atoms with Crippen molar-refractivity contribution < 1.29 is 9.53 Å². The zero-order chi connectivity index (χ0) is 10.7. The van der Waals surface area contributed by atoms with Gasteiger partial charge >= 0.3 is 5.97 Å². The molecular formula is C12H18O2. The second kappa shape index (κ2) is 4.45. The predicted molar refractivity (Wildman–Crippen MR) is 56.9 cm³/mol. The molecule has 0 amide bonds. The van der Waals surface area contributed by atoms with Crippen molar-refractivity contribution in [2.45, 2.75) is 40.5 Å². The van der Waals surface area contributed by atoms with Crippen molar-refractivity contribution in [3.8, 4) is 0 Å². The molecule has 0 aromatic rings. The number of ether oxygens (including phenoxy) is 1. The maximum atomic E-state index is 11.7. The summed E-state index contributed by atoms with van der Waals surface area (Å²) in [5.74, 6) is -0.165. The summed E-state index contributed by atoms with van der Waals surface area (Å²) in [5.41, 5.74) is 4.37. The van der Waals surface area contributed by atoms with E-state index in [9.17, 15) is 4.79 Å². The van der Waals surface area contributed by atoms with E-state index >= 15 is 0 Å². The third kappa shape index (κ3) is 2.06. The van der Waals surface area contributed by atoms with Crippen molar-refractivity contribution in [2.24, 2.45) is 0 Å². The molecule has 0 aromatic heterocycles. The van der Waals surface area contributed by atoms with Crippen LogP contribution in [0.4, 0.5) is 0 Å². The second-order valence-electron chi connectivity index (χ2n) is 3.78. The highest BCUT2D eigenvalue weighted by molar-refractivity contribution is 5.94. The number of allylic oxidation sites excluding steroid dienone is 2. The highest BCUT2D eigenvalue weighted by Crippen LogP contribution is 2.30. The van der Waals surface area contributed by atoms with E-state index in [4.69, 9.17) is 4.74 Å². The zero-order valence-corrected chi connectivity index (χ0v) is 9.44. The molecule has 14 heavy (non-hydrogen) atoms. The van der Waals surface area contributed by atoms with Crippen LogP contribution in [0.25, 0.3) is 0 Å². The Bertz CT molecular complexity index is 308. The molecule has 78 valence electrons. The standard InChI is InChI=1S/C12H18O2/c1-5-14-12(13)11-9(3)7-6-8(2)10(11)4/h5-7H2,1-4H3. The molecule has 1 aliphatic carbocycles. The van der Waals surface area contributed by atoms with Crippen LogP contribution in [0.15, 0.2) is 22.3 Å². The Morgan fingerprint density at radius 3 is 2.36 bits per heavy atom. The lowest BCUT2D eigenvalue weighted by atomic mass is 9.88. The number of rotatable bonds is 2. The Morgan fingerprint density at radius 1 is 1.21 bits per heavy atom. The maximum Gasteiger partial charge on any atom is 0.338 e. The van der Waals surface area contributed by atoms with Crippen LogP contribution >= 0.6 is 0 Å². The molecule has 2 nitrogen and oxygen atoms in total. The molecule has 0 heterocycles. The van der Waals surface area contributed by atoms with Gasteiger partial charge < -0.3 is 4.74 Å². The summed E-state index contributed by atoms with van der Waals surface area (Å²) in [6.45, 7) is 8.39. The lowest BCUT2D eigenvalue weighted by Gasteiger charge is -2.19. The molecule has 1 aliphatic rings. The minimum atomic E-state index is -0.165. The van der Waals surface area contributed by atoms with Crippen molar-refractivity contribution in [1.82, 2.24) is 0 Å². The molecule has 0 fully saturated rings. The van der Waals surface area contributed by atoms with Gasteiger partial charge in [0.25, 0.3) is 0 Å². The van der Waals surface area contributed by atoms with E-state index in [1.165, 1.54) is 5.57 Å². The molecule has 0 aliphatic heterocycles. The summed E-state index contributed by atoms with van der Waals surface area (Å²) in [7, 11) is 0. The molecule has 2 heteroatoms. The number of esters is 1. The molecule has 0 unspecified atom stereocenters. The largest absolute Gasteiger partial charge is 0.462 e. The molecule has 0 saturated carbocycles. The van der Waals surface area contributed by atoms with Gasteiger partial charge in [0.2, 0.25) is 0 Å². The van der Waals surface area contributed by atoms with Gasteiger partial charge in [-0.25, -0.2) is 4.79 Å². The van der Waals surface area contributed by atoms with Crippen LogP contribution in [0.1, 0.15) is 40.5 Å². The molecule has 0 aromatic carbocycles. The van der Waals surface area contributed by atoms with E-state index in [0.29, 0.717) is 6.61 Å². The number of carbonyl (C=O) groups excluding carboxylic acids is 1. The van der Waals surface area contributed by atoms with Crippen molar-refractivity contribution in [2.75, 3.05) is 6.61 Å². The Morgan fingerprint density at radius 2 is 1.79 bits per heavy atom. The summed E-state index contributed by atoms with van der Waals surface area (Å²) in [6.07, 6.45) is 2.05. The SMILES string of the molecule is CCOC(=O)C1=C(C)CCC(C)=C1C. The fourth-order valence-electron chi connectivity index (χ4n) is 1.75. The molecule has 0 N–H and O–H groups in total. The molecule has 0 atom stereocenters. The molecule has 1 rings (SSSR count). The third-order valence-corrected chi connectivity index (χ3v) is 2.80. The van der Waals surface area contributed by atoms with Crippen LogP contribution in [0, 0.1) is 0 Å². The highest BCUT2D eigenvalue weighted by atomic mass is 16.5. The van der Waals surface area contributed by atoms with Gasteiger partial charge in [-0.3, -0.25) is 0 Å². The first-order chi connectivity index (χ1) is 6.57. The van der Waals surface area contributed by atoms with E-state index in [0.717, 1.165) is 29.6 Å². The van der Waals surface area contributed by atoms with Crippen molar-refractivity contribution in [1.29, 1.82) is 0 Å². The topological polar surface area (TPSA) is 26.3 Å². The first kappa shape index (κ1) is 11.0. The third-order valence-electron chi connectivity index (χ3n) is 2.80. The normalized spacial score (nSPS) is 17.4. The Labute approximate surface area is 85.6 Å². The lowest BCUT2D eigenvalue weighted by molar-refractivity contribution is -0.138. The molecule has 0 radical (unpaired) electrons. The van der Waals surface area contributed by atoms with Crippen LogP contribution in [-0.4, -0.2) is 12.6 Å². The van der Waals surface area contributed by atoms with Crippen LogP contribution in [0.3, 0.4) is 0 Å². The van der Waals surface area contributed by atoms with E-state index < -0.39 is 0 Å². The van der Waals surface area contributed by atoms with Crippen molar-refractivity contribution in [3.05, 3.63) is 22.3 Å². The Kier molecular flexibility index (Phi) is 3.50. The van der Waals surface area contributed by atoms with E-state index in [-0.39, 0.29) is 5.97 Å². The fraction of sp³-hybridized carbons (Fsp3) is 0.583. The van der Waals surface area contributed by atoms with E-state index in [1.807, 2.05) is 20.8 Å². The smallest absolute Gasteiger partial charge is 0.338 e. The van der Waals surface area contributed by atoms with Gasteiger partial charge in [0.05, 0.1) is 12.2 Å². The monoisotopic (exact) mass is 194 g/mol. The fourth-order valence-corrected chi connectivity index (χ4v) is 1.75. The average molecular weight is 194 g/mol. The Hall–Kier alpha value is -1.05. The van der Waals surface area contributed by atoms with Gasteiger partial charge in [-0.2, -0.15) is 0 Å². The first-order valence-corrected chi connectivity index (χ1v) is 5.11. The van der Waals surface area contributed by atoms with Crippen LogP contribution in [0.2, 0.25) is 0 Å². The minimum Gasteiger partial charge on any atom is -0.462 e. The van der Waals surface area contributed by atoms with Gasteiger partial charge in [-0.1, -0.05) is 11.1 Å². The van der Waals surface area contributed by atoms with Gasteiger partial charge in [0.1, 0.15) is 0 Å². The number of carbonyl (C=O) groups is 1. The maximum absolute atomic E-state index is 11.7. The molecular weight excluding hydrogens is 176 g/mol. The molecule has 0 saturated heterocycles. The van der Waals surface area contributed by atoms with Crippen LogP contribution in [0.5, 0.6) is 0 Å². The summed E-state index contributed by atoms with van der Waals surface area (Å²) >= 11 is 0. The number of hydrogen-bond donors (Lipinski definition) is 0. The average Bonchev–Trinajstić information content (AvgIpc) is 2.13. The van der Waals surface area contributed by atoms with Crippen molar-refractivity contribution >= 4 is 5.97 Å². The molecule has 0 spiro atoms. The quantitative estimate of drug-likeness (QED) is 0.632. The van der Waals surface area contributed by atoms with Gasteiger partial charge in [0.15, 0.2) is 0 Å². The van der Waals surface area contributed by atoms with Gasteiger partial charge in [-0.15, -0.1) is 0 Å². The summed E-state index contributed by atoms with van der Waals surface area (Å²) < 4.78 is 5.04. The summed E-state index contributed by atoms with van der Waals surface area (Å²) in [5, 5.41) is 0. The van der Waals surface area contributed by atoms with Crippen LogP contribution < -0.4 is 0 Å². The van der Waals surface area contributed by atoms with E-state index in [1.54, 1.807) is 0 Å². The molecule has 0 bridgehead atoms. The first-order valence-electron chi connectivity index (χ1n) is 5.11. The van der Waals surface area contributed by atoms with Crippen LogP contribution in [-0.2, 0) is 9.53 Å². The van der Waals surface area contributed by atoms with Gasteiger partial charge in [-0.05, 0) is 46.1 Å².